The molecule has 0 saturated heterocycles. The molecule has 0 heterocycles. The Morgan fingerprint density at radius 2 is 1.89 bits per heavy atom. The highest BCUT2D eigenvalue weighted by Gasteiger charge is 2.02. The molecule has 18 heavy (non-hydrogen) atoms. The summed E-state index contributed by atoms with van der Waals surface area (Å²) >= 11 is 0. The minimum Gasteiger partial charge on any atom is -0.545 e. The van der Waals surface area contributed by atoms with Crippen LogP contribution in [-0.2, 0) is 4.79 Å². The monoisotopic (exact) mass is 249 g/mol. The highest BCUT2D eigenvalue weighted by molar-refractivity contribution is 5.89. The first kappa shape index (κ1) is 13.6. The standard InChI is InChI=1S/C12H14N2O4/c1-8(11(16)17)6-7-13-12(18)14-9-2-4-10(15)5-3-9/h2-5,15H,1,6-7H2,(H,16,17)(H2,13,14,18)/p-1. The molecule has 0 aliphatic rings. The van der Waals surface area contributed by atoms with Gasteiger partial charge in [-0.25, -0.2) is 4.79 Å². The second-order valence-electron chi connectivity index (χ2n) is 3.57. The molecule has 6 nitrogen and oxygen atoms in total. The van der Waals surface area contributed by atoms with Crippen LogP contribution in [0, 0.1) is 0 Å². The van der Waals surface area contributed by atoms with Crippen LogP contribution in [-0.4, -0.2) is 23.7 Å². The fraction of sp³-hybridized carbons (Fsp3) is 0.167. The Labute approximate surface area is 104 Å². The Morgan fingerprint density at radius 1 is 1.28 bits per heavy atom. The lowest BCUT2D eigenvalue weighted by atomic mass is 10.2. The molecule has 0 spiro atoms. The molecule has 1 rings (SSSR count). The number of carbonyl (C=O) groups is 2. The number of carboxylic acid groups (broad SMARTS) is 1. The van der Waals surface area contributed by atoms with E-state index in [1.807, 2.05) is 0 Å². The van der Waals surface area contributed by atoms with Gasteiger partial charge in [0.15, 0.2) is 0 Å². The normalized spacial score (nSPS) is 9.56. The third-order valence-corrected chi connectivity index (χ3v) is 2.13. The minimum absolute atomic E-state index is 0.0695. The molecule has 0 unspecified atom stereocenters. The molecule has 6 heteroatoms. The topological polar surface area (TPSA) is 101 Å². The number of amides is 2. The van der Waals surface area contributed by atoms with Crippen molar-refractivity contribution in [2.75, 3.05) is 11.9 Å². The SMILES string of the molecule is C=C(CCNC(=O)Nc1ccc(O)cc1)C(=O)[O-]. The number of aliphatic carboxylic acids is 1. The average molecular weight is 249 g/mol. The number of carboxylic acids is 1. The Hall–Kier alpha value is -2.50. The summed E-state index contributed by atoms with van der Waals surface area (Å²) in [5.74, 6) is -1.22. The maximum absolute atomic E-state index is 11.4. The lowest BCUT2D eigenvalue weighted by Crippen LogP contribution is -2.31. The fourth-order valence-corrected chi connectivity index (χ4v) is 1.15. The van der Waals surface area contributed by atoms with E-state index < -0.39 is 12.0 Å². The van der Waals surface area contributed by atoms with Gasteiger partial charge in [0.2, 0.25) is 0 Å². The van der Waals surface area contributed by atoms with Gasteiger partial charge in [-0.1, -0.05) is 6.58 Å². The number of urea groups is 1. The second-order valence-corrected chi connectivity index (χ2v) is 3.57. The summed E-state index contributed by atoms with van der Waals surface area (Å²) in [6, 6.07) is 5.48. The number of phenolic OH excluding ortho intramolecular Hbond substituents is 1. The van der Waals surface area contributed by atoms with Gasteiger partial charge in [0, 0.05) is 12.2 Å². The number of nitrogens with one attached hydrogen (secondary N) is 2. The van der Waals surface area contributed by atoms with Gasteiger partial charge in [0.05, 0.1) is 5.97 Å². The number of hydrogen-bond donors (Lipinski definition) is 3. The van der Waals surface area contributed by atoms with Crippen LogP contribution in [0.4, 0.5) is 10.5 Å². The molecule has 0 saturated carbocycles. The summed E-state index contributed by atoms with van der Waals surface area (Å²) in [7, 11) is 0. The van der Waals surface area contributed by atoms with E-state index in [9.17, 15) is 14.7 Å². The van der Waals surface area contributed by atoms with Crippen LogP contribution in [0.15, 0.2) is 36.4 Å². The zero-order chi connectivity index (χ0) is 13.5. The van der Waals surface area contributed by atoms with Crippen molar-refractivity contribution in [3.8, 4) is 5.75 Å². The van der Waals surface area contributed by atoms with Gasteiger partial charge in [-0.15, -0.1) is 0 Å². The summed E-state index contributed by atoms with van der Waals surface area (Å²) in [6.07, 6.45) is 0.116. The number of phenols is 1. The zero-order valence-corrected chi connectivity index (χ0v) is 9.60. The first-order valence-corrected chi connectivity index (χ1v) is 5.22. The van der Waals surface area contributed by atoms with Crippen molar-refractivity contribution in [3.63, 3.8) is 0 Å². The van der Waals surface area contributed by atoms with Crippen LogP contribution in [0.1, 0.15) is 6.42 Å². The molecule has 0 aromatic heterocycles. The molecule has 0 aliphatic heterocycles. The third kappa shape index (κ3) is 4.56. The molecular weight excluding hydrogens is 236 g/mol. The van der Waals surface area contributed by atoms with Crippen LogP contribution >= 0.6 is 0 Å². The molecule has 0 fully saturated rings. The van der Waals surface area contributed by atoms with Crippen LogP contribution in [0.2, 0.25) is 0 Å². The minimum atomic E-state index is -1.32. The van der Waals surface area contributed by atoms with Crippen LogP contribution < -0.4 is 15.7 Å². The molecule has 96 valence electrons. The van der Waals surface area contributed by atoms with Crippen molar-refractivity contribution >= 4 is 17.7 Å². The first-order valence-electron chi connectivity index (χ1n) is 5.22. The molecule has 1 aromatic carbocycles. The van der Waals surface area contributed by atoms with Crippen LogP contribution in [0.5, 0.6) is 5.75 Å². The lowest BCUT2D eigenvalue weighted by Gasteiger charge is -2.09. The lowest BCUT2D eigenvalue weighted by molar-refractivity contribution is -0.299. The number of benzene rings is 1. The van der Waals surface area contributed by atoms with E-state index in [0.717, 1.165) is 0 Å². The van der Waals surface area contributed by atoms with Crippen molar-refractivity contribution in [1.82, 2.24) is 5.32 Å². The predicted molar refractivity (Wildman–Crippen MR) is 63.9 cm³/mol. The second kappa shape index (κ2) is 6.29. The molecule has 0 atom stereocenters. The Bertz CT molecular complexity index is 454. The molecular formula is C12H13N2O4-. The van der Waals surface area contributed by atoms with Gasteiger partial charge in [-0.2, -0.15) is 0 Å². The fourth-order valence-electron chi connectivity index (χ4n) is 1.15. The smallest absolute Gasteiger partial charge is 0.319 e. The number of rotatable bonds is 5. The van der Waals surface area contributed by atoms with E-state index in [2.05, 4.69) is 17.2 Å². The molecule has 3 N–H and O–H groups in total. The van der Waals surface area contributed by atoms with Gasteiger partial charge in [-0.3, -0.25) is 0 Å². The van der Waals surface area contributed by atoms with Gasteiger partial charge < -0.3 is 25.6 Å². The summed E-state index contributed by atoms with van der Waals surface area (Å²) in [4.78, 5) is 21.7. The average Bonchev–Trinajstić information content (AvgIpc) is 2.32. The van der Waals surface area contributed by atoms with E-state index in [0.29, 0.717) is 5.69 Å². The van der Waals surface area contributed by atoms with Gasteiger partial charge >= 0.3 is 6.03 Å². The summed E-state index contributed by atoms with van der Waals surface area (Å²) < 4.78 is 0. The zero-order valence-electron chi connectivity index (χ0n) is 9.60. The Kier molecular flexibility index (Phi) is 4.74. The summed E-state index contributed by atoms with van der Waals surface area (Å²) in [5, 5.41) is 24.4. The Balaban J connectivity index is 2.32. The number of aromatic hydroxyl groups is 1. The first-order chi connectivity index (χ1) is 8.49. The van der Waals surface area contributed by atoms with Gasteiger partial charge in [-0.05, 0) is 36.3 Å². The van der Waals surface area contributed by atoms with E-state index >= 15 is 0 Å². The van der Waals surface area contributed by atoms with E-state index in [4.69, 9.17) is 5.11 Å². The van der Waals surface area contributed by atoms with Crippen LogP contribution in [0.3, 0.4) is 0 Å². The number of anilines is 1. The highest BCUT2D eigenvalue weighted by Crippen LogP contribution is 2.13. The third-order valence-electron chi connectivity index (χ3n) is 2.13. The number of hydrogen-bond acceptors (Lipinski definition) is 4. The molecule has 2 amide bonds. The van der Waals surface area contributed by atoms with Crippen molar-refractivity contribution in [2.45, 2.75) is 6.42 Å². The van der Waals surface area contributed by atoms with E-state index in [1.165, 1.54) is 24.3 Å². The summed E-state index contributed by atoms with van der Waals surface area (Å²) in [5.41, 5.74) is 0.448. The largest absolute Gasteiger partial charge is 0.545 e. The van der Waals surface area contributed by atoms with Gasteiger partial charge in [0.1, 0.15) is 5.75 Å². The maximum atomic E-state index is 11.4. The van der Waals surface area contributed by atoms with Crippen molar-refractivity contribution in [2.24, 2.45) is 0 Å². The quantitative estimate of drug-likeness (QED) is 0.512. The number of carbonyl (C=O) groups excluding carboxylic acids is 2. The maximum Gasteiger partial charge on any atom is 0.319 e. The van der Waals surface area contributed by atoms with Crippen molar-refractivity contribution in [1.29, 1.82) is 0 Å². The molecule has 0 bridgehead atoms. The van der Waals surface area contributed by atoms with Gasteiger partial charge in [0.25, 0.3) is 0 Å². The highest BCUT2D eigenvalue weighted by atomic mass is 16.4. The summed E-state index contributed by atoms with van der Waals surface area (Å²) in [6.45, 7) is 3.43. The Morgan fingerprint density at radius 3 is 2.44 bits per heavy atom. The predicted octanol–water partition coefficient (Wildman–Crippen LogP) is 0.210. The van der Waals surface area contributed by atoms with E-state index in [1.54, 1.807) is 0 Å². The molecule has 0 radical (unpaired) electrons. The molecule has 0 aliphatic carbocycles. The molecule has 1 aromatic rings. The van der Waals surface area contributed by atoms with Crippen molar-refractivity contribution < 1.29 is 19.8 Å². The van der Waals surface area contributed by atoms with E-state index in [-0.39, 0.29) is 24.3 Å². The van der Waals surface area contributed by atoms with Crippen molar-refractivity contribution in [3.05, 3.63) is 36.4 Å². The van der Waals surface area contributed by atoms with Crippen LogP contribution in [0.25, 0.3) is 0 Å².